The van der Waals surface area contributed by atoms with Crippen LogP contribution < -0.4 is 27.0 Å². The van der Waals surface area contributed by atoms with E-state index in [0.717, 1.165) is 84.5 Å². The highest BCUT2D eigenvalue weighted by Crippen LogP contribution is 2.16. The second-order valence-electron chi connectivity index (χ2n) is 17.3. The summed E-state index contributed by atoms with van der Waals surface area (Å²) >= 11 is 0. The number of nitrogens with zero attached hydrogens (tertiary/aromatic N) is 1. The fourth-order valence-electron chi connectivity index (χ4n) is 7.77. The molecule has 0 saturated heterocycles. The summed E-state index contributed by atoms with van der Waals surface area (Å²) in [4.78, 5) is 27.8. The van der Waals surface area contributed by atoms with Crippen molar-refractivity contribution in [2.75, 3.05) is 65.4 Å². The summed E-state index contributed by atoms with van der Waals surface area (Å²) in [7, 11) is 0. The number of carbonyl (C=O) groups is 2. The van der Waals surface area contributed by atoms with Crippen molar-refractivity contribution >= 4 is 11.8 Å². The lowest BCUT2D eigenvalue weighted by molar-refractivity contribution is -0.132. The van der Waals surface area contributed by atoms with Gasteiger partial charge in [-0.3, -0.25) is 9.59 Å². The van der Waals surface area contributed by atoms with Crippen LogP contribution in [-0.2, 0) is 9.59 Å². The zero-order valence-corrected chi connectivity index (χ0v) is 38.7. The second kappa shape index (κ2) is 49.1. The van der Waals surface area contributed by atoms with Gasteiger partial charge >= 0.3 is 0 Å². The summed E-state index contributed by atoms with van der Waals surface area (Å²) in [6.07, 6.45) is 46.7. The molecule has 0 aromatic rings. The molecule has 0 radical (unpaired) electrons. The molecule has 0 spiro atoms. The summed E-state index contributed by atoms with van der Waals surface area (Å²) in [6, 6.07) is 0. The highest BCUT2D eigenvalue weighted by molar-refractivity contribution is 5.85. The molecule has 8 nitrogen and oxygen atoms in total. The molecular formula is C49H102N6O2. The zero-order valence-electron chi connectivity index (χ0n) is 38.7. The van der Waals surface area contributed by atoms with Gasteiger partial charge in [-0.25, -0.2) is 0 Å². The van der Waals surface area contributed by atoms with Crippen molar-refractivity contribution in [1.82, 2.24) is 26.2 Å². The van der Waals surface area contributed by atoms with Gasteiger partial charge in [-0.05, 0) is 58.3 Å². The van der Waals surface area contributed by atoms with Gasteiger partial charge in [-0.1, -0.05) is 206 Å². The number of carbonyl (C=O) groups excluding carboxylic acids is 2. The van der Waals surface area contributed by atoms with E-state index < -0.39 is 0 Å². The fourth-order valence-corrected chi connectivity index (χ4v) is 7.77. The van der Waals surface area contributed by atoms with Gasteiger partial charge in [0.2, 0.25) is 11.8 Å². The van der Waals surface area contributed by atoms with Crippen LogP contribution in [0.5, 0.6) is 0 Å². The molecule has 0 aromatic heterocycles. The Labute approximate surface area is 356 Å². The van der Waals surface area contributed by atoms with Gasteiger partial charge in [0.1, 0.15) is 0 Å². The number of nitrogens with two attached hydrogens (primary N) is 1. The van der Waals surface area contributed by atoms with E-state index in [0.29, 0.717) is 0 Å². The first-order valence-electron chi connectivity index (χ1n) is 25.5. The minimum atomic E-state index is -0.100. The van der Waals surface area contributed by atoms with Gasteiger partial charge in [0.05, 0.1) is 13.1 Å². The highest BCUT2D eigenvalue weighted by Gasteiger charge is 2.14. The standard InChI is InChI=1S/C49H102N6O2/c1-3-5-7-9-11-13-15-17-19-21-23-25-27-29-31-35-44-55(45-36-32-30-28-26-24-22-20-18-16-14-12-10-8-6-4-2)49(57)47-54-48(56)46-53-43-42-52-40-34-33-39-51-41-37-38-50/h51-53H,3-47,50H2,1-2H3,(H,54,56). The lowest BCUT2D eigenvalue weighted by Gasteiger charge is -2.23. The molecular weight excluding hydrogens is 705 g/mol. The summed E-state index contributed by atoms with van der Waals surface area (Å²) in [6.45, 7) is 11.9. The van der Waals surface area contributed by atoms with Crippen LogP contribution in [0.15, 0.2) is 0 Å². The third kappa shape index (κ3) is 45.7. The lowest BCUT2D eigenvalue weighted by Crippen LogP contribution is -2.44. The molecule has 0 aliphatic rings. The molecule has 0 bridgehead atoms. The third-order valence-corrected chi connectivity index (χ3v) is 11.6. The molecule has 0 saturated carbocycles. The number of nitrogens with one attached hydrogen (secondary N) is 4. The summed E-state index contributed by atoms with van der Waals surface area (Å²) < 4.78 is 0. The zero-order chi connectivity index (χ0) is 41.4. The molecule has 0 heterocycles. The molecule has 0 aliphatic heterocycles. The van der Waals surface area contributed by atoms with Gasteiger partial charge in [0.15, 0.2) is 0 Å². The highest BCUT2D eigenvalue weighted by atomic mass is 16.2. The first-order valence-corrected chi connectivity index (χ1v) is 25.5. The Bertz CT molecular complexity index is 764. The van der Waals surface area contributed by atoms with Crippen LogP contribution in [0.25, 0.3) is 0 Å². The van der Waals surface area contributed by atoms with Crippen LogP contribution in [-0.4, -0.2) is 82.2 Å². The third-order valence-electron chi connectivity index (χ3n) is 11.6. The molecule has 340 valence electrons. The minimum absolute atomic E-state index is 0.0736. The smallest absolute Gasteiger partial charge is 0.241 e. The van der Waals surface area contributed by atoms with E-state index in [1.165, 1.54) is 193 Å². The molecule has 8 heteroatoms. The molecule has 0 aliphatic carbocycles. The first-order chi connectivity index (χ1) is 28.2. The lowest BCUT2D eigenvalue weighted by atomic mass is 10.0. The topological polar surface area (TPSA) is 112 Å². The van der Waals surface area contributed by atoms with Crippen molar-refractivity contribution in [3.05, 3.63) is 0 Å². The van der Waals surface area contributed by atoms with Crippen LogP contribution in [0, 0.1) is 0 Å². The minimum Gasteiger partial charge on any atom is -0.346 e. The van der Waals surface area contributed by atoms with Crippen LogP contribution in [0.4, 0.5) is 0 Å². The predicted molar refractivity (Wildman–Crippen MR) is 250 cm³/mol. The van der Waals surface area contributed by atoms with Crippen molar-refractivity contribution < 1.29 is 9.59 Å². The van der Waals surface area contributed by atoms with Crippen LogP contribution in [0.3, 0.4) is 0 Å². The molecule has 57 heavy (non-hydrogen) atoms. The molecule has 0 fully saturated rings. The predicted octanol–water partition coefficient (Wildman–Crippen LogP) is 11.4. The molecule has 6 N–H and O–H groups in total. The Morgan fingerprint density at radius 1 is 0.368 bits per heavy atom. The second-order valence-corrected chi connectivity index (χ2v) is 17.3. The van der Waals surface area contributed by atoms with Gasteiger partial charge in [0, 0.05) is 26.2 Å². The Morgan fingerprint density at radius 3 is 1.05 bits per heavy atom. The molecule has 0 unspecified atom stereocenters. The molecule has 0 atom stereocenters. The van der Waals surface area contributed by atoms with E-state index in [2.05, 4.69) is 35.1 Å². The van der Waals surface area contributed by atoms with E-state index in [4.69, 9.17) is 5.73 Å². The van der Waals surface area contributed by atoms with Gasteiger partial charge in [-0.15, -0.1) is 0 Å². The van der Waals surface area contributed by atoms with Crippen LogP contribution >= 0.6 is 0 Å². The molecule has 0 rings (SSSR count). The summed E-state index contributed by atoms with van der Waals surface area (Å²) in [5.41, 5.74) is 5.52. The van der Waals surface area contributed by atoms with Crippen LogP contribution in [0.1, 0.15) is 239 Å². The SMILES string of the molecule is CCCCCCCCCCCCCCCCCCN(CCCCCCCCCCCCCCCCCC)C(=O)CNC(=O)CNCCNCCCCNCCCN. The number of hydrogen-bond donors (Lipinski definition) is 5. The van der Waals surface area contributed by atoms with Gasteiger partial charge in [-0.2, -0.15) is 0 Å². The number of hydrogen-bond acceptors (Lipinski definition) is 6. The maximum atomic E-state index is 13.3. The van der Waals surface area contributed by atoms with E-state index in [9.17, 15) is 9.59 Å². The number of unbranched alkanes of at least 4 members (excludes halogenated alkanes) is 31. The average molecular weight is 807 g/mol. The average Bonchev–Trinajstić information content (AvgIpc) is 3.22. The Kier molecular flexibility index (Phi) is 48.1. The van der Waals surface area contributed by atoms with Crippen molar-refractivity contribution in [3.63, 3.8) is 0 Å². The largest absolute Gasteiger partial charge is 0.346 e. The summed E-state index contributed by atoms with van der Waals surface area (Å²) in [5, 5.41) is 12.9. The van der Waals surface area contributed by atoms with E-state index in [1.54, 1.807) is 0 Å². The quantitative estimate of drug-likeness (QED) is 0.0392. The maximum absolute atomic E-state index is 13.3. The van der Waals surface area contributed by atoms with Crippen molar-refractivity contribution in [3.8, 4) is 0 Å². The van der Waals surface area contributed by atoms with Crippen molar-refractivity contribution in [1.29, 1.82) is 0 Å². The Hall–Kier alpha value is -1.22. The van der Waals surface area contributed by atoms with Gasteiger partial charge < -0.3 is 31.9 Å². The monoisotopic (exact) mass is 807 g/mol. The number of amides is 2. The summed E-state index contributed by atoms with van der Waals surface area (Å²) in [5.74, 6) is -0.0267. The number of rotatable bonds is 49. The first kappa shape index (κ1) is 55.8. The maximum Gasteiger partial charge on any atom is 0.241 e. The van der Waals surface area contributed by atoms with Crippen molar-refractivity contribution in [2.24, 2.45) is 5.73 Å². The normalized spacial score (nSPS) is 11.4. The Balaban J connectivity index is 4.19. The van der Waals surface area contributed by atoms with Crippen molar-refractivity contribution in [2.45, 2.75) is 239 Å². The van der Waals surface area contributed by atoms with E-state index in [-0.39, 0.29) is 24.9 Å². The Morgan fingerprint density at radius 2 is 0.684 bits per heavy atom. The fraction of sp³-hybridized carbons (Fsp3) is 0.959. The van der Waals surface area contributed by atoms with E-state index in [1.807, 2.05) is 4.90 Å². The molecule has 2 amide bonds. The van der Waals surface area contributed by atoms with Crippen LogP contribution in [0.2, 0.25) is 0 Å². The van der Waals surface area contributed by atoms with Gasteiger partial charge in [0.25, 0.3) is 0 Å². The molecule has 0 aromatic carbocycles. The van der Waals surface area contributed by atoms with E-state index >= 15 is 0 Å².